The highest BCUT2D eigenvalue weighted by molar-refractivity contribution is 5.92. The Kier molecular flexibility index (Phi) is 3.50. The number of fused-ring (bicyclic) bond motifs is 1. The van der Waals surface area contributed by atoms with E-state index in [0.717, 1.165) is 41.1 Å². The van der Waals surface area contributed by atoms with Gasteiger partial charge in [-0.05, 0) is 23.6 Å². The van der Waals surface area contributed by atoms with Crippen LogP contribution in [0.2, 0.25) is 0 Å². The number of anilines is 1. The lowest BCUT2D eigenvalue weighted by atomic mass is 10.1. The predicted octanol–water partition coefficient (Wildman–Crippen LogP) is 2.62. The Bertz CT molecular complexity index is 694. The Hall–Kier alpha value is -2.56. The summed E-state index contributed by atoms with van der Waals surface area (Å²) in [5.41, 5.74) is 0. The Morgan fingerprint density at radius 1 is 1.20 bits per heavy atom. The van der Waals surface area contributed by atoms with E-state index < -0.39 is 0 Å². The maximum absolute atomic E-state index is 5.27. The van der Waals surface area contributed by atoms with Crippen LogP contribution < -0.4 is 10.1 Å². The van der Waals surface area contributed by atoms with Crippen LogP contribution in [0.4, 0.5) is 5.82 Å². The van der Waals surface area contributed by atoms with Gasteiger partial charge in [-0.2, -0.15) is 0 Å². The SMILES string of the molecule is COc1ccc2ccnc(NCCc3ncc[nH]3)c2c1. The molecule has 5 heteroatoms. The summed E-state index contributed by atoms with van der Waals surface area (Å²) in [5, 5.41) is 5.55. The van der Waals surface area contributed by atoms with Crippen LogP contribution in [0.1, 0.15) is 5.82 Å². The first kappa shape index (κ1) is 12.5. The number of pyridine rings is 1. The topological polar surface area (TPSA) is 62.8 Å². The summed E-state index contributed by atoms with van der Waals surface area (Å²) in [6, 6.07) is 7.98. The second-order valence-electron chi connectivity index (χ2n) is 4.46. The lowest BCUT2D eigenvalue weighted by molar-refractivity contribution is 0.415. The number of aromatic nitrogens is 3. The predicted molar refractivity (Wildman–Crippen MR) is 79.1 cm³/mol. The van der Waals surface area contributed by atoms with Crippen molar-refractivity contribution in [3.63, 3.8) is 0 Å². The summed E-state index contributed by atoms with van der Waals surface area (Å²) >= 11 is 0. The lowest BCUT2D eigenvalue weighted by Gasteiger charge is -2.09. The van der Waals surface area contributed by atoms with Gasteiger partial charge in [-0.15, -0.1) is 0 Å². The molecule has 0 aliphatic rings. The Morgan fingerprint density at radius 2 is 2.15 bits per heavy atom. The van der Waals surface area contributed by atoms with Crippen molar-refractivity contribution in [2.24, 2.45) is 0 Å². The van der Waals surface area contributed by atoms with Gasteiger partial charge in [0.15, 0.2) is 0 Å². The molecular formula is C15H16N4O. The standard InChI is InChI=1S/C15H16N4O/c1-20-12-3-2-11-4-6-18-15(13(11)10-12)19-7-5-14-16-8-9-17-14/h2-4,6,8-10H,5,7H2,1H3,(H,16,17)(H,18,19). The van der Waals surface area contributed by atoms with E-state index in [1.807, 2.05) is 36.7 Å². The quantitative estimate of drug-likeness (QED) is 0.746. The molecule has 0 saturated carbocycles. The lowest BCUT2D eigenvalue weighted by Crippen LogP contribution is -2.07. The van der Waals surface area contributed by atoms with Crippen molar-refractivity contribution in [3.8, 4) is 5.75 Å². The summed E-state index contributed by atoms with van der Waals surface area (Å²) in [6.07, 6.45) is 6.23. The number of ether oxygens (including phenoxy) is 1. The van der Waals surface area contributed by atoms with Crippen LogP contribution in [0, 0.1) is 0 Å². The van der Waals surface area contributed by atoms with E-state index in [-0.39, 0.29) is 0 Å². The zero-order valence-corrected chi connectivity index (χ0v) is 11.3. The molecule has 0 saturated heterocycles. The summed E-state index contributed by atoms with van der Waals surface area (Å²) in [7, 11) is 1.67. The third kappa shape index (κ3) is 2.56. The van der Waals surface area contributed by atoms with Crippen molar-refractivity contribution in [2.45, 2.75) is 6.42 Å². The van der Waals surface area contributed by atoms with Gasteiger partial charge in [-0.25, -0.2) is 9.97 Å². The van der Waals surface area contributed by atoms with Crippen LogP contribution >= 0.6 is 0 Å². The third-order valence-corrected chi connectivity index (χ3v) is 3.18. The number of nitrogens with zero attached hydrogens (tertiary/aromatic N) is 2. The first-order valence-electron chi connectivity index (χ1n) is 6.52. The molecule has 0 unspecified atom stereocenters. The zero-order chi connectivity index (χ0) is 13.8. The molecule has 3 aromatic rings. The summed E-state index contributed by atoms with van der Waals surface area (Å²) < 4.78 is 5.27. The van der Waals surface area contributed by atoms with Crippen molar-refractivity contribution in [2.75, 3.05) is 19.0 Å². The fraction of sp³-hybridized carbons (Fsp3) is 0.200. The van der Waals surface area contributed by atoms with Gasteiger partial charge in [0.2, 0.25) is 0 Å². The fourth-order valence-corrected chi connectivity index (χ4v) is 2.15. The number of rotatable bonds is 5. The summed E-state index contributed by atoms with van der Waals surface area (Å²) in [5.74, 6) is 2.67. The molecule has 2 heterocycles. The molecule has 0 aliphatic heterocycles. The molecule has 2 N–H and O–H groups in total. The molecule has 0 bridgehead atoms. The number of H-pyrrole nitrogens is 1. The van der Waals surface area contributed by atoms with E-state index >= 15 is 0 Å². The Balaban J connectivity index is 1.79. The van der Waals surface area contributed by atoms with Crippen LogP contribution in [-0.2, 0) is 6.42 Å². The van der Waals surface area contributed by atoms with Crippen molar-refractivity contribution in [1.82, 2.24) is 15.0 Å². The van der Waals surface area contributed by atoms with E-state index in [2.05, 4.69) is 20.3 Å². The van der Waals surface area contributed by atoms with Gasteiger partial charge < -0.3 is 15.0 Å². The van der Waals surface area contributed by atoms with Gasteiger partial charge in [0.05, 0.1) is 7.11 Å². The third-order valence-electron chi connectivity index (χ3n) is 3.18. The normalized spacial score (nSPS) is 10.7. The first-order valence-corrected chi connectivity index (χ1v) is 6.52. The second-order valence-corrected chi connectivity index (χ2v) is 4.46. The molecule has 0 fully saturated rings. The zero-order valence-electron chi connectivity index (χ0n) is 11.3. The number of benzene rings is 1. The minimum Gasteiger partial charge on any atom is -0.497 e. The molecule has 3 rings (SSSR count). The molecule has 1 aromatic carbocycles. The highest BCUT2D eigenvalue weighted by Gasteiger charge is 2.04. The van der Waals surface area contributed by atoms with E-state index in [4.69, 9.17) is 4.74 Å². The van der Waals surface area contributed by atoms with Gasteiger partial charge in [0.1, 0.15) is 17.4 Å². The first-order chi connectivity index (χ1) is 9.86. The van der Waals surface area contributed by atoms with E-state index in [9.17, 15) is 0 Å². The van der Waals surface area contributed by atoms with Crippen LogP contribution in [-0.4, -0.2) is 28.6 Å². The molecule has 0 radical (unpaired) electrons. The maximum atomic E-state index is 5.27. The number of hydrogen-bond acceptors (Lipinski definition) is 4. The smallest absolute Gasteiger partial charge is 0.133 e. The van der Waals surface area contributed by atoms with Crippen LogP contribution in [0.15, 0.2) is 42.9 Å². The highest BCUT2D eigenvalue weighted by Crippen LogP contribution is 2.25. The number of aromatic amines is 1. The molecule has 0 amide bonds. The monoisotopic (exact) mass is 268 g/mol. The minimum atomic E-state index is 0.775. The second kappa shape index (κ2) is 5.61. The van der Waals surface area contributed by atoms with Crippen molar-refractivity contribution in [3.05, 3.63) is 48.7 Å². The maximum Gasteiger partial charge on any atom is 0.133 e. The molecular weight excluding hydrogens is 252 g/mol. The molecule has 5 nitrogen and oxygen atoms in total. The Labute approximate surface area is 117 Å². The van der Waals surface area contributed by atoms with Crippen LogP contribution in [0.5, 0.6) is 5.75 Å². The molecule has 2 aromatic heterocycles. The van der Waals surface area contributed by atoms with Crippen molar-refractivity contribution in [1.29, 1.82) is 0 Å². The van der Waals surface area contributed by atoms with Gasteiger partial charge in [-0.3, -0.25) is 0 Å². The van der Waals surface area contributed by atoms with Gasteiger partial charge in [0, 0.05) is 36.9 Å². The number of hydrogen-bond donors (Lipinski definition) is 2. The van der Waals surface area contributed by atoms with Crippen LogP contribution in [0.3, 0.4) is 0 Å². The van der Waals surface area contributed by atoms with Gasteiger partial charge >= 0.3 is 0 Å². The van der Waals surface area contributed by atoms with Crippen LogP contribution in [0.25, 0.3) is 10.8 Å². The number of imidazole rings is 1. The van der Waals surface area contributed by atoms with E-state index in [1.54, 1.807) is 13.3 Å². The summed E-state index contributed by atoms with van der Waals surface area (Å²) in [6.45, 7) is 0.775. The van der Waals surface area contributed by atoms with E-state index in [0.29, 0.717) is 0 Å². The number of nitrogens with one attached hydrogen (secondary N) is 2. The molecule has 102 valence electrons. The van der Waals surface area contributed by atoms with Gasteiger partial charge in [-0.1, -0.05) is 6.07 Å². The number of methoxy groups -OCH3 is 1. The fourth-order valence-electron chi connectivity index (χ4n) is 2.15. The summed E-state index contributed by atoms with van der Waals surface area (Å²) in [4.78, 5) is 11.7. The largest absolute Gasteiger partial charge is 0.497 e. The molecule has 0 aliphatic carbocycles. The average Bonchev–Trinajstić information content (AvgIpc) is 3.00. The molecule has 20 heavy (non-hydrogen) atoms. The average molecular weight is 268 g/mol. The van der Waals surface area contributed by atoms with E-state index in [1.165, 1.54) is 0 Å². The Morgan fingerprint density at radius 3 is 2.95 bits per heavy atom. The highest BCUT2D eigenvalue weighted by atomic mass is 16.5. The molecule has 0 spiro atoms. The minimum absolute atomic E-state index is 0.775. The molecule has 0 atom stereocenters. The van der Waals surface area contributed by atoms with Crippen molar-refractivity contribution >= 4 is 16.6 Å². The van der Waals surface area contributed by atoms with Gasteiger partial charge in [0.25, 0.3) is 0 Å². The van der Waals surface area contributed by atoms with Crippen molar-refractivity contribution < 1.29 is 4.74 Å².